The van der Waals surface area contributed by atoms with E-state index in [1.165, 1.54) is 0 Å². The molecule has 3 heterocycles. The van der Waals surface area contributed by atoms with Crippen molar-refractivity contribution in [3.05, 3.63) is 41.5 Å². The maximum Gasteiger partial charge on any atom is 0.241 e. The van der Waals surface area contributed by atoms with Gasteiger partial charge in [-0.05, 0) is 18.5 Å². The first-order chi connectivity index (χ1) is 10.1. The van der Waals surface area contributed by atoms with Crippen molar-refractivity contribution in [1.82, 2.24) is 34.3 Å². The van der Waals surface area contributed by atoms with E-state index in [1.807, 2.05) is 20.2 Å². The average Bonchev–Trinajstić information content (AvgIpc) is 3.06. The summed E-state index contributed by atoms with van der Waals surface area (Å²) in [6, 6.07) is 0. The van der Waals surface area contributed by atoms with E-state index >= 15 is 0 Å². The Morgan fingerprint density at radius 3 is 2.81 bits per heavy atom. The van der Waals surface area contributed by atoms with Gasteiger partial charge in [-0.15, -0.1) is 0 Å². The first-order valence-corrected chi connectivity index (χ1v) is 6.62. The number of hydrogen-bond acceptors (Lipinski definition) is 6. The molecule has 0 spiro atoms. The predicted octanol–water partition coefficient (Wildman–Crippen LogP) is 1.36. The van der Waals surface area contributed by atoms with Gasteiger partial charge in [0.05, 0.1) is 5.69 Å². The quantitative estimate of drug-likeness (QED) is 0.783. The van der Waals surface area contributed by atoms with Crippen molar-refractivity contribution in [2.24, 2.45) is 7.05 Å². The molecule has 0 amide bonds. The van der Waals surface area contributed by atoms with Crippen LogP contribution in [0.4, 0.5) is 5.95 Å². The normalized spacial score (nSPS) is 10.8. The van der Waals surface area contributed by atoms with Gasteiger partial charge in [0, 0.05) is 37.7 Å². The van der Waals surface area contributed by atoms with E-state index in [9.17, 15) is 0 Å². The first-order valence-electron chi connectivity index (χ1n) is 6.25. The lowest BCUT2D eigenvalue weighted by molar-refractivity contribution is 0.756. The number of nitrogens with zero attached hydrogens (tertiary/aromatic N) is 7. The third-order valence-corrected chi connectivity index (χ3v) is 3.05. The number of halogens is 1. The van der Waals surface area contributed by atoms with Crippen LogP contribution in [0, 0.1) is 6.92 Å². The van der Waals surface area contributed by atoms with Crippen LogP contribution >= 0.6 is 11.6 Å². The number of nitrogens with one attached hydrogen (secondary N) is 1. The van der Waals surface area contributed by atoms with Gasteiger partial charge in [0.15, 0.2) is 0 Å². The number of aromatic nitrogens is 7. The van der Waals surface area contributed by atoms with Gasteiger partial charge in [-0.1, -0.05) is 0 Å². The van der Waals surface area contributed by atoms with E-state index in [0.717, 1.165) is 11.3 Å². The number of rotatable bonds is 4. The molecular formula is C12H13ClN8. The van der Waals surface area contributed by atoms with E-state index in [0.29, 0.717) is 18.4 Å². The highest BCUT2D eigenvalue weighted by molar-refractivity contribution is 6.28. The molecule has 0 aliphatic heterocycles. The Morgan fingerprint density at radius 1 is 1.29 bits per heavy atom. The van der Waals surface area contributed by atoms with Crippen LogP contribution in [0.25, 0.3) is 5.95 Å². The zero-order valence-electron chi connectivity index (χ0n) is 11.5. The summed E-state index contributed by atoms with van der Waals surface area (Å²) in [5.74, 6) is 0.819. The molecule has 0 saturated heterocycles. The minimum absolute atomic E-state index is 0.124. The van der Waals surface area contributed by atoms with E-state index in [4.69, 9.17) is 11.6 Å². The van der Waals surface area contributed by atoms with E-state index in [2.05, 4.69) is 30.4 Å². The van der Waals surface area contributed by atoms with Crippen LogP contribution in [0.2, 0.25) is 5.28 Å². The molecule has 0 fully saturated rings. The number of imidazole rings is 1. The minimum Gasteiger partial charge on any atom is -0.350 e. The Bertz CT molecular complexity index is 749. The standard InChI is InChI=1S/C12H13ClN8/c1-8-9(6-20(2)19-8)5-15-11-16-10(13)17-12(18-11)21-4-3-14-7-21/h3-4,6-7H,5H2,1-2H3,(H,15,16,17,18). The Kier molecular flexibility index (Phi) is 3.53. The Labute approximate surface area is 125 Å². The molecule has 8 nitrogen and oxygen atoms in total. The summed E-state index contributed by atoms with van der Waals surface area (Å²) in [4.78, 5) is 16.4. The highest BCUT2D eigenvalue weighted by atomic mass is 35.5. The van der Waals surface area contributed by atoms with Gasteiger partial charge in [0.1, 0.15) is 6.33 Å². The second-order valence-electron chi connectivity index (χ2n) is 4.46. The summed E-state index contributed by atoms with van der Waals surface area (Å²) in [5.41, 5.74) is 2.03. The first kappa shape index (κ1) is 13.5. The molecule has 21 heavy (non-hydrogen) atoms. The Morgan fingerprint density at radius 2 is 2.14 bits per heavy atom. The van der Waals surface area contributed by atoms with Gasteiger partial charge in [0.2, 0.25) is 17.2 Å². The number of anilines is 1. The molecule has 0 aromatic carbocycles. The topological polar surface area (TPSA) is 86.3 Å². The van der Waals surface area contributed by atoms with Crippen LogP contribution in [0.5, 0.6) is 0 Å². The SMILES string of the molecule is Cc1nn(C)cc1CNc1nc(Cl)nc(-n2ccnc2)n1. The monoisotopic (exact) mass is 304 g/mol. The zero-order valence-corrected chi connectivity index (χ0v) is 12.3. The van der Waals surface area contributed by atoms with Gasteiger partial charge in [-0.3, -0.25) is 9.25 Å². The molecule has 108 valence electrons. The fourth-order valence-corrected chi connectivity index (χ4v) is 2.06. The van der Waals surface area contributed by atoms with E-state index in [-0.39, 0.29) is 5.28 Å². The van der Waals surface area contributed by atoms with Gasteiger partial charge >= 0.3 is 0 Å². The van der Waals surface area contributed by atoms with Crippen LogP contribution in [-0.4, -0.2) is 34.3 Å². The minimum atomic E-state index is 0.124. The molecule has 0 saturated carbocycles. The molecule has 0 unspecified atom stereocenters. The number of aryl methyl sites for hydroxylation is 2. The zero-order chi connectivity index (χ0) is 14.8. The third-order valence-electron chi connectivity index (χ3n) is 2.88. The highest BCUT2D eigenvalue weighted by Crippen LogP contribution is 2.11. The van der Waals surface area contributed by atoms with Gasteiger partial charge in [-0.25, -0.2) is 4.98 Å². The van der Waals surface area contributed by atoms with Crippen LogP contribution in [0.1, 0.15) is 11.3 Å². The molecule has 0 radical (unpaired) electrons. The van der Waals surface area contributed by atoms with Crippen molar-refractivity contribution >= 4 is 17.5 Å². The smallest absolute Gasteiger partial charge is 0.241 e. The summed E-state index contributed by atoms with van der Waals surface area (Å²) in [6.45, 7) is 2.51. The van der Waals surface area contributed by atoms with Crippen LogP contribution < -0.4 is 5.32 Å². The third kappa shape index (κ3) is 3.00. The van der Waals surface area contributed by atoms with Crippen molar-refractivity contribution < 1.29 is 0 Å². The lowest BCUT2D eigenvalue weighted by Crippen LogP contribution is -2.08. The van der Waals surface area contributed by atoms with Crippen molar-refractivity contribution in [3.8, 4) is 5.95 Å². The second kappa shape index (κ2) is 5.49. The Hall–Kier alpha value is -2.48. The molecule has 1 N–H and O–H groups in total. The Balaban J connectivity index is 1.81. The summed E-state index contributed by atoms with van der Waals surface area (Å²) in [6.07, 6.45) is 6.92. The lowest BCUT2D eigenvalue weighted by Gasteiger charge is -2.06. The van der Waals surface area contributed by atoms with Crippen LogP contribution in [0.15, 0.2) is 24.9 Å². The summed E-state index contributed by atoms with van der Waals surface area (Å²) in [5, 5.41) is 7.53. The summed E-state index contributed by atoms with van der Waals surface area (Å²) in [7, 11) is 1.88. The molecule has 0 aliphatic rings. The van der Waals surface area contributed by atoms with Crippen molar-refractivity contribution in [1.29, 1.82) is 0 Å². The van der Waals surface area contributed by atoms with Gasteiger partial charge in [-0.2, -0.15) is 20.1 Å². The van der Waals surface area contributed by atoms with E-state index in [1.54, 1.807) is 28.0 Å². The maximum absolute atomic E-state index is 5.93. The molecule has 0 bridgehead atoms. The van der Waals surface area contributed by atoms with Gasteiger partial charge in [0.25, 0.3) is 0 Å². The largest absolute Gasteiger partial charge is 0.350 e. The highest BCUT2D eigenvalue weighted by Gasteiger charge is 2.08. The molecular weight excluding hydrogens is 292 g/mol. The van der Waals surface area contributed by atoms with Crippen LogP contribution in [-0.2, 0) is 13.6 Å². The summed E-state index contributed by atoms with van der Waals surface area (Å²) >= 11 is 5.93. The lowest BCUT2D eigenvalue weighted by atomic mass is 10.3. The van der Waals surface area contributed by atoms with E-state index < -0.39 is 0 Å². The average molecular weight is 305 g/mol. The van der Waals surface area contributed by atoms with Crippen molar-refractivity contribution in [2.75, 3.05) is 5.32 Å². The van der Waals surface area contributed by atoms with Crippen LogP contribution in [0.3, 0.4) is 0 Å². The summed E-state index contributed by atoms with van der Waals surface area (Å²) < 4.78 is 3.43. The van der Waals surface area contributed by atoms with Gasteiger partial charge < -0.3 is 5.32 Å². The molecule has 0 atom stereocenters. The number of hydrogen-bond donors (Lipinski definition) is 1. The molecule has 9 heteroatoms. The van der Waals surface area contributed by atoms with Crippen molar-refractivity contribution in [3.63, 3.8) is 0 Å². The van der Waals surface area contributed by atoms with Crippen molar-refractivity contribution in [2.45, 2.75) is 13.5 Å². The predicted molar refractivity (Wildman–Crippen MR) is 77.2 cm³/mol. The second-order valence-corrected chi connectivity index (χ2v) is 4.80. The fourth-order valence-electron chi connectivity index (χ4n) is 1.91. The molecule has 0 aliphatic carbocycles. The maximum atomic E-state index is 5.93. The molecule has 3 rings (SSSR count). The fraction of sp³-hybridized carbons (Fsp3) is 0.250. The molecule has 3 aromatic heterocycles. The molecule has 3 aromatic rings.